The van der Waals surface area contributed by atoms with Crippen LogP contribution in [0.3, 0.4) is 0 Å². The Hall–Kier alpha value is -1.39. The van der Waals surface area contributed by atoms with E-state index in [2.05, 4.69) is 48.2 Å². The van der Waals surface area contributed by atoms with Gasteiger partial charge in [-0.05, 0) is 35.0 Å². The van der Waals surface area contributed by atoms with E-state index in [1.165, 1.54) is 0 Å². The second kappa shape index (κ2) is 8.33. The average molecular weight is 493 g/mol. The summed E-state index contributed by atoms with van der Waals surface area (Å²) in [5.41, 5.74) is 1.38. The molecule has 2 N–H and O–H groups in total. The van der Waals surface area contributed by atoms with Gasteiger partial charge in [-0.1, -0.05) is 57.1 Å². The molecule has 25 heavy (non-hydrogen) atoms. The molecule has 1 aromatic carbocycles. The standard InChI is InChI=1S/C15H15Cl2IN6O/c16-10-4-3-9(7-11(10)17)8-19-15-20-13-12(14(25)21-15)24(23-22-13)6-2-1-5-18/h3-4,7H,1-2,5-6,8H2,(H2,19,20,21,25). The van der Waals surface area contributed by atoms with E-state index >= 15 is 0 Å². The number of aromatic nitrogens is 5. The van der Waals surface area contributed by atoms with Crippen molar-refractivity contribution in [1.82, 2.24) is 25.0 Å². The Kier molecular flexibility index (Phi) is 6.13. The molecule has 0 saturated heterocycles. The number of rotatable bonds is 7. The topological polar surface area (TPSA) is 88.5 Å². The first-order valence-electron chi connectivity index (χ1n) is 7.66. The number of halogens is 3. The number of anilines is 1. The normalized spacial score (nSPS) is 11.2. The highest BCUT2D eigenvalue weighted by atomic mass is 127. The van der Waals surface area contributed by atoms with Crippen molar-refractivity contribution in [3.05, 3.63) is 44.2 Å². The lowest BCUT2D eigenvalue weighted by Gasteiger charge is -2.06. The van der Waals surface area contributed by atoms with E-state index in [1.807, 2.05) is 6.07 Å². The van der Waals surface area contributed by atoms with Gasteiger partial charge in [0.25, 0.3) is 5.56 Å². The zero-order valence-electron chi connectivity index (χ0n) is 13.1. The molecule has 0 atom stereocenters. The van der Waals surface area contributed by atoms with E-state index in [0.29, 0.717) is 40.2 Å². The van der Waals surface area contributed by atoms with E-state index in [1.54, 1.807) is 16.8 Å². The molecule has 2 aromatic heterocycles. The molecule has 0 unspecified atom stereocenters. The van der Waals surface area contributed by atoms with Crippen molar-refractivity contribution in [2.24, 2.45) is 0 Å². The molecule has 0 aliphatic carbocycles. The van der Waals surface area contributed by atoms with Gasteiger partial charge in [0.05, 0.1) is 10.0 Å². The van der Waals surface area contributed by atoms with Crippen molar-refractivity contribution in [3.8, 4) is 0 Å². The van der Waals surface area contributed by atoms with Crippen molar-refractivity contribution in [2.75, 3.05) is 9.74 Å². The zero-order chi connectivity index (χ0) is 17.8. The Morgan fingerprint density at radius 2 is 2.08 bits per heavy atom. The third-order valence-corrected chi connectivity index (χ3v) is 5.08. The summed E-state index contributed by atoms with van der Waals surface area (Å²) < 4.78 is 2.68. The first-order chi connectivity index (χ1) is 12.1. The minimum absolute atomic E-state index is 0.263. The Morgan fingerprint density at radius 3 is 2.84 bits per heavy atom. The maximum absolute atomic E-state index is 12.3. The summed E-state index contributed by atoms with van der Waals surface area (Å²) in [7, 11) is 0. The number of benzene rings is 1. The summed E-state index contributed by atoms with van der Waals surface area (Å²) in [5, 5.41) is 12.1. The summed E-state index contributed by atoms with van der Waals surface area (Å²) in [6.45, 7) is 1.09. The van der Waals surface area contributed by atoms with Gasteiger partial charge in [0.1, 0.15) is 0 Å². The first-order valence-corrected chi connectivity index (χ1v) is 9.94. The molecule has 132 valence electrons. The molecular weight excluding hydrogens is 478 g/mol. The molecule has 7 nitrogen and oxygen atoms in total. The predicted octanol–water partition coefficient (Wildman–Crippen LogP) is 3.65. The number of alkyl halides is 1. The minimum atomic E-state index is -0.263. The van der Waals surface area contributed by atoms with Crippen LogP contribution in [0.4, 0.5) is 5.95 Å². The number of hydrogen-bond donors (Lipinski definition) is 2. The van der Waals surface area contributed by atoms with E-state index in [9.17, 15) is 4.79 Å². The van der Waals surface area contributed by atoms with Crippen LogP contribution >= 0.6 is 45.8 Å². The summed E-state index contributed by atoms with van der Waals surface area (Å²) in [6.07, 6.45) is 2.01. The number of nitrogens with zero attached hydrogens (tertiary/aromatic N) is 4. The van der Waals surface area contributed by atoms with Crippen LogP contribution in [0.25, 0.3) is 11.2 Å². The first kappa shape index (κ1) is 18.4. The van der Waals surface area contributed by atoms with E-state index < -0.39 is 0 Å². The van der Waals surface area contributed by atoms with Crippen molar-refractivity contribution in [1.29, 1.82) is 0 Å². The Bertz CT molecular complexity index is 941. The lowest BCUT2D eigenvalue weighted by molar-refractivity contribution is 0.569. The van der Waals surface area contributed by atoms with Gasteiger partial charge < -0.3 is 5.32 Å². The molecule has 3 aromatic rings. The average Bonchev–Trinajstić information content (AvgIpc) is 3.00. The van der Waals surface area contributed by atoms with Crippen molar-refractivity contribution in [2.45, 2.75) is 25.9 Å². The number of unbranched alkanes of at least 4 members (excludes halogenated alkanes) is 1. The molecule has 2 heterocycles. The van der Waals surface area contributed by atoms with Crippen molar-refractivity contribution < 1.29 is 0 Å². The van der Waals surface area contributed by atoms with Crippen LogP contribution < -0.4 is 10.9 Å². The second-order valence-corrected chi connectivity index (χ2v) is 7.29. The van der Waals surface area contributed by atoms with Gasteiger partial charge in [-0.3, -0.25) is 9.78 Å². The Balaban J connectivity index is 1.76. The van der Waals surface area contributed by atoms with Crippen LogP contribution in [0.15, 0.2) is 23.0 Å². The van der Waals surface area contributed by atoms with Crippen LogP contribution in [-0.4, -0.2) is 29.4 Å². The SMILES string of the molecule is O=c1[nH]c(NCc2ccc(Cl)c(Cl)c2)nc2nnn(CCCCI)c12. The number of aromatic amines is 1. The van der Waals surface area contributed by atoms with Crippen molar-refractivity contribution in [3.63, 3.8) is 0 Å². The number of hydrogen-bond acceptors (Lipinski definition) is 5. The maximum atomic E-state index is 12.3. The van der Waals surface area contributed by atoms with Crippen LogP contribution in [-0.2, 0) is 13.1 Å². The molecule has 0 amide bonds. The Labute approximate surface area is 167 Å². The summed E-state index contributed by atoms with van der Waals surface area (Å²) in [4.78, 5) is 19.4. The zero-order valence-corrected chi connectivity index (χ0v) is 16.8. The quantitative estimate of drug-likeness (QED) is 0.298. The van der Waals surface area contributed by atoms with Crippen LogP contribution in [0.1, 0.15) is 18.4 Å². The molecular formula is C15H15Cl2IN6O. The third kappa shape index (κ3) is 4.42. The minimum Gasteiger partial charge on any atom is -0.352 e. The Morgan fingerprint density at radius 1 is 1.24 bits per heavy atom. The van der Waals surface area contributed by atoms with E-state index in [0.717, 1.165) is 22.8 Å². The molecule has 0 aliphatic heterocycles. The molecule has 0 radical (unpaired) electrons. The highest BCUT2D eigenvalue weighted by Crippen LogP contribution is 2.22. The second-order valence-electron chi connectivity index (χ2n) is 5.40. The molecule has 10 heteroatoms. The molecule has 0 saturated carbocycles. The van der Waals surface area contributed by atoms with Gasteiger partial charge in [0.2, 0.25) is 11.6 Å². The van der Waals surface area contributed by atoms with Crippen LogP contribution in [0, 0.1) is 0 Å². The summed E-state index contributed by atoms with van der Waals surface area (Å²) >= 11 is 14.2. The lowest BCUT2D eigenvalue weighted by atomic mass is 10.2. The fraction of sp³-hybridized carbons (Fsp3) is 0.333. The van der Waals surface area contributed by atoms with Gasteiger partial charge in [0.15, 0.2) is 5.52 Å². The molecule has 3 rings (SSSR count). The maximum Gasteiger partial charge on any atom is 0.280 e. The molecule has 0 fully saturated rings. The smallest absolute Gasteiger partial charge is 0.280 e. The largest absolute Gasteiger partial charge is 0.352 e. The van der Waals surface area contributed by atoms with Gasteiger partial charge in [-0.15, -0.1) is 5.10 Å². The van der Waals surface area contributed by atoms with Gasteiger partial charge in [-0.25, -0.2) is 4.68 Å². The van der Waals surface area contributed by atoms with Gasteiger partial charge >= 0.3 is 0 Å². The van der Waals surface area contributed by atoms with Crippen molar-refractivity contribution >= 4 is 62.9 Å². The molecule has 0 spiro atoms. The number of aryl methyl sites for hydroxylation is 1. The highest BCUT2D eigenvalue weighted by molar-refractivity contribution is 14.1. The number of fused-ring (bicyclic) bond motifs is 1. The monoisotopic (exact) mass is 492 g/mol. The van der Waals surface area contributed by atoms with E-state index in [-0.39, 0.29) is 5.56 Å². The fourth-order valence-electron chi connectivity index (χ4n) is 2.33. The summed E-state index contributed by atoms with van der Waals surface area (Å²) in [5.74, 6) is 0.336. The number of H-pyrrole nitrogens is 1. The van der Waals surface area contributed by atoms with Gasteiger partial charge in [0, 0.05) is 13.1 Å². The van der Waals surface area contributed by atoms with Crippen LogP contribution in [0.5, 0.6) is 0 Å². The highest BCUT2D eigenvalue weighted by Gasteiger charge is 2.12. The summed E-state index contributed by atoms with van der Waals surface area (Å²) in [6, 6.07) is 5.33. The van der Waals surface area contributed by atoms with Gasteiger partial charge in [-0.2, -0.15) is 4.98 Å². The third-order valence-electron chi connectivity index (χ3n) is 3.58. The predicted molar refractivity (Wildman–Crippen MR) is 108 cm³/mol. The van der Waals surface area contributed by atoms with E-state index in [4.69, 9.17) is 23.2 Å². The fourth-order valence-corrected chi connectivity index (χ4v) is 3.19. The van der Waals surface area contributed by atoms with Crippen LogP contribution in [0.2, 0.25) is 10.0 Å². The molecule has 0 bridgehead atoms. The number of nitrogens with one attached hydrogen (secondary N) is 2. The lowest BCUT2D eigenvalue weighted by Crippen LogP contribution is -2.16. The molecule has 0 aliphatic rings.